The Morgan fingerprint density at radius 1 is 1.12 bits per heavy atom. The van der Waals surface area contributed by atoms with E-state index >= 15 is 0 Å². The molecule has 1 atom stereocenters. The summed E-state index contributed by atoms with van der Waals surface area (Å²) in [7, 11) is 0. The summed E-state index contributed by atoms with van der Waals surface area (Å²) < 4.78 is 40.7. The maximum Gasteiger partial charge on any atom is 0.411 e. The molecule has 0 aromatic heterocycles. The van der Waals surface area contributed by atoms with Crippen molar-refractivity contribution in [2.24, 2.45) is 0 Å². The first-order valence-electron chi connectivity index (χ1n) is 8.24. The molecule has 144 valence electrons. The summed E-state index contributed by atoms with van der Waals surface area (Å²) in [6, 6.07) is 6.71. The van der Waals surface area contributed by atoms with Gasteiger partial charge in [-0.25, -0.2) is 4.79 Å². The second kappa shape index (κ2) is 6.90. The highest BCUT2D eigenvalue weighted by atomic mass is 19.4. The molecule has 1 aliphatic heterocycles. The maximum atomic E-state index is 12.7. The fourth-order valence-corrected chi connectivity index (χ4v) is 2.74. The largest absolute Gasteiger partial charge is 0.411 e. The van der Waals surface area contributed by atoms with Crippen LogP contribution >= 0.6 is 0 Å². The number of amides is 3. The van der Waals surface area contributed by atoms with Crippen LogP contribution in [-0.2, 0) is 20.5 Å². The van der Waals surface area contributed by atoms with Crippen LogP contribution in [0, 0.1) is 0 Å². The van der Waals surface area contributed by atoms with Crippen molar-refractivity contribution in [3.8, 4) is 0 Å². The Labute approximate surface area is 150 Å². The van der Waals surface area contributed by atoms with Crippen molar-refractivity contribution in [3.05, 3.63) is 35.4 Å². The van der Waals surface area contributed by atoms with Gasteiger partial charge in [0.2, 0.25) is 0 Å². The second-order valence-corrected chi connectivity index (χ2v) is 7.51. The van der Waals surface area contributed by atoms with Gasteiger partial charge in [0.1, 0.15) is 12.1 Å². The van der Waals surface area contributed by atoms with E-state index in [-0.39, 0.29) is 18.6 Å². The van der Waals surface area contributed by atoms with Gasteiger partial charge >= 0.3 is 12.2 Å². The van der Waals surface area contributed by atoms with Gasteiger partial charge in [0.25, 0.3) is 5.91 Å². The van der Waals surface area contributed by atoms with E-state index in [1.807, 2.05) is 12.1 Å². The average Bonchev–Trinajstić information content (AvgIpc) is 2.73. The van der Waals surface area contributed by atoms with Gasteiger partial charge in [-0.05, 0) is 23.5 Å². The van der Waals surface area contributed by atoms with Gasteiger partial charge in [-0.15, -0.1) is 0 Å². The van der Waals surface area contributed by atoms with E-state index in [1.54, 1.807) is 19.1 Å². The normalized spacial score (nSPS) is 21.3. The molecule has 0 bridgehead atoms. The molecule has 0 aliphatic carbocycles. The molecule has 1 saturated heterocycles. The first-order valence-corrected chi connectivity index (χ1v) is 8.24. The third-order valence-electron chi connectivity index (χ3n) is 4.33. The van der Waals surface area contributed by atoms with E-state index in [1.165, 1.54) is 0 Å². The summed E-state index contributed by atoms with van der Waals surface area (Å²) in [6.45, 7) is 5.74. The molecule has 0 radical (unpaired) electrons. The van der Waals surface area contributed by atoms with Crippen molar-refractivity contribution in [2.75, 3.05) is 19.8 Å². The number of hydrogen-bond acceptors (Lipinski definition) is 3. The van der Waals surface area contributed by atoms with Crippen molar-refractivity contribution in [1.82, 2.24) is 10.2 Å². The summed E-state index contributed by atoms with van der Waals surface area (Å²) in [6.07, 6.45) is -4.44. The number of halogens is 3. The number of ether oxygens (including phenoxy) is 1. The smallest absolute Gasteiger partial charge is 0.370 e. The molecule has 5 nitrogen and oxygen atoms in total. The van der Waals surface area contributed by atoms with E-state index in [0.29, 0.717) is 5.56 Å². The third kappa shape index (κ3) is 4.35. The van der Waals surface area contributed by atoms with E-state index in [0.717, 1.165) is 10.5 Å². The van der Waals surface area contributed by atoms with Gasteiger partial charge < -0.3 is 10.1 Å². The van der Waals surface area contributed by atoms with Gasteiger partial charge in [0.15, 0.2) is 0 Å². The first kappa shape index (κ1) is 20.2. The lowest BCUT2D eigenvalue weighted by atomic mass is 9.84. The van der Waals surface area contributed by atoms with E-state index in [9.17, 15) is 22.8 Å². The summed E-state index contributed by atoms with van der Waals surface area (Å²) in [5, 5.41) is 2.62. The van der Waals surface area contributed by atoms with Gasteiger partial charge in [0.05, 0.1) is 13.2 Å². The van der Waals surface area contributed by atoms with Gasteiger partial charge in [-0.3, -0.25) is 9.69 Å². The Balaban J connectivity index is 2.08. The zero-order valence-corrected chi connectivity index (χ0v) is 15.2. The third-order valence-corrected chi connectivity index (χ3v) is 4.33. The maximum absolute atomic E-state index is 12.7. The zero-order valence-electron chi connectivity index (χ0n) is 15.2. The fraction of sp³-hybridized carbons (Fsp3) is 0.556. The average molecular weight is 372 g/mol. The Bertz CT molecular complexity index is 680. The minimum Gasteiger partial charge on any atom is -0.370 e. The number of urea groups is 1. The number of imide groups is 1. The molecular weight excluding hydrogens is 349 g/mol. The van der Waals surface area contributed by atoms with Crippen molar-refractivity contribution < 1.29 is 27.5 Å². The number of benzene rings is 1. The van der Waals surface area contributed by atoms with Crippen molar-refractivity contribution in [2.45, 2.75) is 44.8 Å². The summed E-state index contributed by atoms with van der Waals surface area (Å²) in [4.78, 5) is 25.7. The Kier molecular flexibility index (Phi) is 5.37. The van der Waals surface area contributed by atoms with Gasteiger partial charge in [-0.1, -0.05) is 45.0 Å². The van der Waals surface area contributed by atoms with Crippen molar-refractivity contribution in [1.29, 1.82) is 0 Å². The standard InChI is InChI=1S/C18H23F3N2O3/c1-16(2,3)12-5-7-13(8-6-12)17(4)14(24)23(15(25)22-17)9-10-26-11-18(19,20)21/h5-8H,9-11H2,1-4H3,(H,22,25). The lowest BCUT2D eigenvalue weighted by molar-refractivity contribution is -0.174. The molecule has 8 heteroatoms. The highest BCUT2D eigenvalue weighted by Gasteiger charge is 2.48. The molecule has 3 amide bonds. The Morgan fingerprint density at radius 3 is 2.19 bits per heavy atom. The number of carbonyl (C=O) groups excluding carboxylic acids is 2. The molecule has 1 aliphatic rings. The number of nitrogens with one attached hydrogen (secondary N) is 1. The van der Waals surface area contributed by atoms with Crippen LogP contribution in [0.4, 0.5) is 18.0 Å². The van der Waals surface area contributed by atoms with Crippen molar-refractivity contribution >= 4 is 11.9 Å². The molecule has 1 N–H and O–H groups in total. The lowest BCUT2D eigenvalue weighted by Gasteiger charge is -2.24. The van der Waals surface area contributed by atoms with E-state index < -0.39 is 30.3 Å². The van der Waals surface area contributed by atoms with E-state index in [2.05, 4.69) is 30.8 Å². The van der Waals surface area contributed by atoms with Gasteiger partial charge in [0, 0.05) is 0 Å². The van der Waals surface area contributed by atoms with Crippen LogP contribution in [0.1, 0.15) is 38.8 Å². The van der Waals surface area contributed by atoms with Crippen LogP contribution in [-0.4, -0.2) is 42.8 Å². The molecular formula is C18H23F3N2O3. The Hall–Kier alpha value is -2.09. The number of rotatable bonds is 5. The van der Waals surface area contributed by atoms with Crippen LogP contribution in [0.25, 0.3) is 0 Å². The van der Waals surface area contributed by atoms with Crippen molar-refractivity contribution in [3.63, 3.8) is 0 Å². The first-order chi connectivity index (χ1) is 11.8. The molecule has 1 heterocycles. The Morgan fingerprint density at radius 2 is 1.69 bits per heavy atom. The van der Waals surface area contributed by atoms with Crippen LogP contribution < -0.4 is 5.32 Å². The molecule has 1 fully saturated rings. The number of alkyl halides is 3. The summed E-state index contributed by atoms with van der Waals surface area (Å²) in [5.74, 6) is -0.512. The SMILES string of the molecule is CC(C)(C)c1ccc(C2(C)NC(=O)N(CCOCC(F)(F)F)C2=O)cc1. The molecule has 0 spiro atoms. The summed E-state index contributed by atoms with van der Waals surface area (Å²) in [5.41, 5.74) is 0.392. The predicted molar refractivity (Wildman–Crippen MR) is 89.6 cm³/mol. The number of hydrogen-bond donors (Lipinski definition) is 1. The van der Waals surface area contributed by atoms with Crippen LogP contribution in [0.2, 0.25) is 0 Å². The highest BCUT2D eigenvalue weighted by molar-refractivity contribution is 6.07. The van der Waals surface area contributed by atoms with Crippen LogP contribution in [0.5, 0.6) is 0 Å². The minimum atomic E-state index is -4.44. The van der Waals surface area contributed by atoms with E-state index in [4.69, 9.17) is 0 Å². The molecule has 2 rings (SSSR count). The molecule has 0 saturated carbocycles. The molecule has 1 aromatic rings. The lowest BCUT2D eigenvalue weighted by Crippen LogP contribution is -2.41. The molecule has 1 unspecified atom stereocenters. The summed E-state index contributed by atoms with van der Waals surface area (Å²) >= 11 is 0. The monoisotopic (exact) mass is 372 g/mol. The predicted octanol–water partition coefficient (Wildman–Crippen LogP) is 3.33. The van der Waals surface area contributed by atoms with Gasteiger partial charge in [-0.2, -0.15) is 13.2 Å². The highest BCUT2D eigenvalue weighted by Crippen LogP contribution is 2.31. The van der Waals surface area contributed by atoms with Crippen LogP contribution in [0.15, 0.2) is 24.3 Å². The second-order valence-electron chi connectivity index (χ2n) is 7.51. The minimum absolute atomic E-state index is 0.0514. The zero-order chi connectivity index (χ0) is 19.8. The topological polar surface area (TPSA) is 58.6 Å². The molecule has 26 heavy (non-hydrogen) atoms. The number of carbonyl (C=O) groups is 2. The quantitative estimate of drug-likeness (QED) is 0.637. The number of nitrogens with zero attached hydrogens (tertiary/aromatic N) is 1. The molecule has 1 aromatic carbocycles. The van der Waals surface area contributed by atoms with Crippen LogP contribution in [0.3, 0.4) is 0 Å². The fourth-order valence-electron chi connectivity index (χ4n) is 2.74.